The average molecular weight is 299 g/mol. The molecule has 1 saturated heterocycles. The zero-order valence-electron chi connectivity index (χ0n) is 9.17. The summed E-state index contributed by atoms with van der Waals surface area (Å²) in [6, 6.07) is 3.04. The molecule has 0 spiro atoms. The number of benzene rings is 1. The second-order valence-electron chi connectivity index (χ2n) is 4.48. The fourth-order valence-electron chi connectivity index (χ4n) is 2.58. The first-order valence-corrected chi connectivity index (χ1v) is 6.52. The lowest BCUT2D eigenvalue weighted by Gasteiger charge is -2.41. The molecule has 1 N–H and O–H groups in total. The molecule has 2 aliphatic heterocycles. The van der Waals surface area contributed by atoms with Crippen LogP contribution in [0.15, 0.2) is 16.6 Å². The molecular formula is C12H12BrFN2O. The number of fused-ring (bicyclic) bond motifs is 3. The van der Waals surface area contributed by atoms with Crippen LogP contribution in [0.4, 0.5) is 15.8 Å². The highest BCUT2D eigenvalue weighted by Gasteiger charge is 2.34. The van der Waals surface area contributed by atoms with Gasteiger partial charge in [0.25, 0.3) is 0 Å². The maximum Gasteiger partial charge on any atom is 0.247 e. The fraction of sp³-hybridized carbons (Fsp3) is 0.417. The van der Waals surface area contributed by atoms with Gasteiger partial charge in [0.05, 0.1) is 15.8 Å². The van der Waals surface area contributed by atoms with E-state index in [2.05, 4.69) is 26.1 Å². The highest BCUT2D eigenvalue weighted by atomic mass is 79.9. The first kappa shape index (κ1) is 11.0. The number of hydrogen-bond acceptors (Lipinski definition) is 2. The van der Waals surface area contributed by atoms with E-state index in [4.69, 9.17) is 0 Å². The van der Waals surface area contributed by atoms with E-state index in [1.807, 2.05) is 0 Å². The van der Waals surface area contributed by atoms with Crippen molar-refractivity contribution in [1.82, 2.24) is 0 Å². The topological polar surface area (TPSA) is 32.3 Å². The van der Waals surface area contributed by atoms with Crippen LogP contribution in [0.25, 0.3) is 0 Å². The molecule has 0 aliphatic carbocycles. The van der Waals surface area contributed by atoms with Crippen molar-refractivity contribution in [2.24, 2.45) is 0 Å². The monoisotopic (exact) mass is 298 g/mol. The Morgan fingerprint density at radius 3 is 3.06 bits per heavy atom. The van der Waals surface area contributed by atoms with Gasteiger partial charge >= 0.3 is 0 Å². The first-order chi connectivity index (χ1) is 8.16. The van der Waals surface area contributed by atoms with Crippen LogP contribution in [-0.2, 0) is 4.79 Å². The summed E-state index contributed by atoms with van der Waals surface area (Å²) in [5, 5.41) is 2.79. The van der Waals surface area contributed by atoms with Crippen molar-refractivity contribution in [3.8, 4) is 0 Å². The maximum atomic E-state index is 13.4. The number of halogens is 2. The number of nitrogens with one attached hydrogen (secondary N) is 1. The number of hydrogen-bond donors (Lipinski definition) is 1. The van der Waals surface area contributed by atoms with Crippen LogP contribution in [0.5, 0.6) is 0 Å². The number of anilines is 2. The summed E-state index contributed by atoms with van der Waals surface area (Å²) in [7, 11) is 0. The third-order valence-electron chi connectivity index (χ3n) is 3.41. The number of amides is 1. The van der Waals surface area contributed by atoms with Crippen LogP contribution in [0.1, 0.15) is 19.3 Å². The SMILES string of the molecule is O=C1Nc2cc(F)c(Br)cc2N2CCCCC12. The van der Waals surface area contributed by atoms with E-state index in [1.165, 1.54) is 6.07 Å². The largest absolute Gasteiger partial charge is 0.358 e. The molecular weight excluding hydrogens is 287 g/mol. The molecule has 1 amide bonds. The van der Waals surface area contributed by atoms with Gasteiger partial charge in [-0.1, -0.05) is 0 Å². The Balaban J connectivity index is 2.10. The summed E-state index contributed by atoms with van der Waals surface area (Å²) >= 11 is 3.19. The Kier molecular flexibility index (Phi) is 2.58. The normalized spacial score (nSPS) is 22.8. The molecule has 3 nitrogen and oxygen atoms in total. The molecule has 2 aliphatic rings. The van der Waals surface area contributed by atoms with Gasteiger partial charge in [0.2, 0.25) is 5.91 Å². The predicted octanol–water partition coefficient (Wildman–Crippen LogP) is 2.90. The van der Waals surface area contributed by atoms with Crippen LogP contribution in [0, 0.1) is 5.82 Å². The van der Waals surface area contributed by atoms with Gasteiger partial charge in [0.15, 0.2) is 0 Å². The Labute approximate surface area is 107 Å². The summed E-state index contributed by atoms with van der Waals surface area (Å²) in [5.74, 6) is -0.363. The van der Waals surface area contributed by atoms with Crippen molar-refractivity contribution >= 4 is 33.2 Å². The van der Waals surface area contributed by atoms with Crippen molar-refractivity contribution in [3.05, 3.63) is 22.4 Å². The smallest absolute Gasteiger partial charge is 0.247 e. The molecule has 3 rings (SSSR count). The maximum absolute atomic E-state index is 13.4. The number of carbonyl (C=O) groups excluding carboxylic acids is 1. The van der Waals surface area contributed by atoms with Gasteiger partial charge in [-0.2, -0.15) is 0 Å². The second kappa shape index (κ2) is 3.98. The molecule has 1 aromatic rings. The third-order valence-corrected chi connectivity index (χ3v) is 4.02. The van der Waals surface area contributed by atoms with E-state index in [9.17, 15) is 9.18 Å². The van der Waals surface area contributed by atoms with Gasteiger partial charge in [-0.15, -0.1) is 0 Å². The zero-order chi connectivity index (χ0) is 12.0. The quantitative estimate of drug-likeness (QED) is 0.799. The molecule has 1 unspecified atom stereocenters. The molecule has 0 radical (unpaired) electrons. The van der Waals surface area contributed by atoms with Gasteiger partial charge in [0.1, 0.15) is 11.9 Å². The Hall–Kier alpha value is -1.10. The third kappa shape index (κ3) is 1.73. The van der Waals surface area contributed by atoms with Gasteiger partial charge in [0, 0.05) is 12.6 Å². The minimum absolute atomic E-state index is 0.0149. The molecule has 90 valence electrons. The molecule has 0 saturated carbocycles. The highest BCUT2D eigenvalue weighted by molar-refractivity contribution is 9.10. The standard InChI is InChI=1S/C12H12BrFN2O/c13-7-5-11-9(6-8(7)14)15-12(17)10-3-1-2-4-16(10)11/h5-6,10H,1-4H2,(H,15,17). The minimum Gasteiger partial charge on any atom is -0.358 e. The molecule has 5 heteroatoms. The summed E-state index contributed by atoms with van der Waals surface area (Å²) < 4.78 is 13.9. The Morgan fingerprint density at radius 1 is 1.41 bits per heavy atom. The molecule has 1 aromatic carbocycles. The van der Waals surface area contributed by atoms with Gasteiger partial charge in [-0.05, 0) is 41.3 Å². The molecule has 0 aromatic heterocycles. The Morgan fingerprint density at radius 2 is 2.24 bits per heavy atom. The van der Waals surface area contributed by atoms with Crippen molar-refractivity contribution in [2.75, 3.05) is 16.8 Å². The van der Waals surface area contributed by atoms with Crippen molar-refractivity contribution in [3.63, 3.8) is 0 Å². The lowest BCUT2D eigenvalue weighted by Crippen LogP contribution is -2.50. The lowest BCUT2D eigenvalue weighted by atomic mass is 9.97. The molecule has 0 bridgehead atoms. The molecule has 1 atom stereocenters. The zero-order valence-corrected chi connectivity index (χ0v) is 10.8. The first-order valence-electron chi connectivity index (χ1n) is 5.73. The summed E-state index contributed by atoms with van der Waals surface area (Å²) in [5.41, 5.74) is 1.50. The van der Waals surface area contributed by atoms with E-state index < -0.39 is 0 Å². The number of nitrogens with zero attached hydrogens (tertiary/aromatic N) is 1. The van der Waals surface area contributed by atoms with E-state index in [-0.39, 0.29) is 17.8 Å². The summed E-state index contributed by atoms with van der Waals surface area (Å²) in [6.45, 7) is 0.864. The molecule has 2 heterocycles. The molecule has 17 heavy (non-hydrogen) atoms. The minimum atomic E-state index is -0.348. The predicted molar refractivity (Wildman–Crippen MR) is 67.7 cm³/mol. The number of rotatable bonds is 0. The summed E-state index contributed by atoms with van der Waals surface area (Å²) in [6.07, 6.45) is 3.03. The van der Waals surface area contributed by atoms with E-state index in [1.54, 1.807) is 6.07 Å². The van der Waals surface area contributed by atoms with Gasteiger partial charge in [-0.3, -0.25) is 4.79 Å². The van der Waals surface area contributed by atoms with E-state index in [0.29, 0.717) is 10.2 Å². The van der Waals surface area contributed by atoms with Crippen LogP contribution in [0.2, 0.25) is 0 Å². The average Bonchev–Trinajstić information content (AvgIpc) is 2.32. The van der Waals surface area contributed by atoms with Crippen LogP contribution < -0.4 is 10.2 Å². The number of piperidine rings is 1. The van der Waals surface area contributed by atoms with Crippen molar-refractivity contribution in [1.29, 1.82) is 0 Å². The second-order valence-corrected chi connectivity index (χ2v) is 5.33. The van der Waals surface area contributed by atoms with E-state index in [0.717, 1.165) is 31.5 Å². The number of carbonyl (C=O) groups is 1. The van der Waals surface area contributed by atoms with Gasteiger partial charge in [-0.25, -0.2) is 4.39 Å². The van der Waals surface area contributed by atoms with Crippen LogP contribution in [0.3, 0.4) is 0 Å². The van der Waals surface area contributed by atoms with Crippen LogP contribution in [-0.4, -0.2) is 18.5 Å². The molecule has 1 fully saturated rings. The Bertz CT molecular complexity index is 492. The van der Waals surface area contributed by atoms with Crippen molar-refractivity contribution in [2.45, 2.75) is 25.3 Å². The van der Waals surface area contributed by atoms with Gasteiger partial charge < -0.3 is 10.2 Å². The highest BCUT2D eigenvalue weighted by Crippen LogP contribution is 2.38. The van der Waals surface area contributed by atoms with Crippen molar-refractivity contribution < 1.29 is 9.18 Å². The lowest BCUT2D eigenvalue weighted by molar-refractivity contribution is -0.118. The fourth-order valence-corrected chi connectivity index (χ4v) is 2.91. The summed E-state index contributed by atoms with van der Waals surface area (Å²) in [4.78, 5) is 14.0. The van der Waals surface area contributed by atoms with E-state index >= 15 is 0 Å². The van der Waals surface area contributed by atoms with Crippen LogP contribution >= 0.6 is 15.9 Å².